The van der Waals surface area contributed by atoms with Crippen LogP contribution in [0.25, 0.3) is 11.2 Å². The molecule has 0 atom stereocenters. The number of carbonyl (C=O) groups excluding carboxylic acids is 1. The fourth-order valence-electron chi connectivity index (χ4n) is 1.97. The van der Waals surface area contributed by atoms with Gasteiger partial charge in [-0.3, -0.25) is 4.79 Å². The first-order valence-electron chi connectivity index (χ1n) is 6.90. The molecule has 1 aromatic carbocycles. The summed E-state index contributed by atoms with van der Waals surface area (Å²) >= 11 is 1.21. The lowest BCUT2D eigenvalue weighted by molar-refractivity contribution is -0.113. The number of aromatic nitrogens is 5. The minimum absolute atomic E-state index is 0.0828. The van der Waals surface area contributed by atoms with Crippen molar-refractivity contribution in [2.45, 2.75) is 18.5 Å². The van der Waals surface area contributed by atoms with Crippen LogP contribution in [0.15, 0.2) is 35.6 Å². The second kappa shape index (κ2) is 6.69. The molecular formula is C14H13FN6OS. The molecule has 0 radical (unpaired) electrons. The van der Waals surface area contributed by atoms with Gasteiger partial charge in [-0.25, -0.2) is 19.0 Å². The molecule has 0 bridgehead atoms. The number of amides is 1. The molecule has 0 fully saturated rings. The van der Waals surface area contributed by atoms with E-state index in [1.807, 2.05) is 6.92 Å². The number of nitrogens with one attached hydrogen (secondary N) is 1. The molecule has 2 aromatic heterocycles. The van der Waals surface area contributed by atoms with Crippen molar-refractivity contribution in [1.29, 1.82) is 0 Å². The fourth-order valence-corrected chi connectivity index (χ4v) is 2.70. The van der Waals surface area contributed by atoms with Crippen LogP contribution in [-0.2, 0) is 11.3 Å². The molecule has 0 aliphatic heterocycles. The Labute approximate surface area is 135 Å². The molecule has 0 spiro atoms. The Balaban J connectivity index is 1.70. The van der Waals surface area contributed by atoms with Gasteiger partial charge in [0.2, 0.25) is 5.91 Å². The molecule has 7 nitrogen and oxygen atoms in total. The molecule has 3 rings (SSSR count). The van der Waals surface area contributed by atoms with E-state index in [0.717, 1.165) is 0 Å². The van der Waals surface area contributed by atoms with Gasteiger partial charge in [-0.2, -0.15) is 0 Å². The molecule has 3 aromatic rings. The number of aryl methyl sites for hydroxylation is 1. The minimum atomic E-state index is -0.471. The van der Waals surface area contributed by atoms with Crippen molar-refractivity contribution in [2.75, 3.05) is 11.1 Å². The lowest BCUT2D eigenvalue weighted by atomic mass is 10.3. The maximum Gasteiger partial charge on any atom is 0.234 e. The summed E-state index contributed by atoms with van der Waals surface area (Å²) in [5.74, 6) is -0.713. The summed E-state index contributed by atoms with van der Waals surface area (Å²) in [7, 11) is 0. The van der Waals surface area contributed by atoms with Crippen LogP contribution in [0.4, 0.5) is 10.1 Å². The number of carbonyl (C=O) groups is 1. The average molecular weight is 332 g/mol. The van der Waals surface area contributed by atoms with Gasteiger partial charge in [-0.15, -0.1) is 5.10 Å². The number of fused-ring (bicyclic) bond motifs is 1. The number of nitrogens with zero attached hydrogens (tertiary/aromatic N) is 5. The number of rotatable bonds is 5. The summed E-state index contributed by atoms with van der Waals surface area (Å²) < 4.78 is 15.2. The number of thioether (sulfide) groups is 1. The van der Waals surface area contributed by atoms with Gasteiger partial charge >= 0.3 is 0 Å². The Morgan fingerprint density at radius 3 is 2.96 bits per heavy atom. The molecule has 0 aliphatic rings. The largest absolute Gasteiger partial charge is 0.323 e. The summed E-state index contributed by atoms with van der Waals surface area (Å²) in [6, 6.07) is 6.02. The van der Waals surface area contributed by atoms with E-state index in [1.165, 1.54) is 30.2 Å². The third-order valence-electron chi connectivity index (χ3n) is 3.05. The van der Waals surface area contributed by atoms with Gasteiger partial charge in [0.1, 0.15) is 17.2 Å². The van der Waals surface area contributed by atoms with E-state index in [0.29, 0.717) is 22.7 Å². The van der Waals surface area contributed by atoms with Crippen molar-refractivity contribution >= 4 is 34.5 Å². The Kier molecular flexibility index (Phi) is 4.47. The molecule has 9 heteroatoms. The normalized spacial score (nSPS) is 10.9. The topological polar surface area (TPSA) is 85.6 Å². The molecule has 0 saturated carbocycles. The first-order chi connectivity index (χ1) is 11.2. The molecule has 1 amide bonds. The highest BCUT2D eigenvalue weighted by molar-refractivity contribution is 8.00. The molecule has 0 aliphatic carbocycles. The molecule has 1 N–H and O–H groups in total. The molecular weight excluding hydrogens is 319 g/mol. The van der Waals surface area contributed by atoms with Crippen molar-refractivity contribution in [3.8, 4) is 0 Å². The predicted octanol–water partition coefficient (Wildman–Crippen LogP) is 2.11. The van der Waals surface area contributed by atoms with Gasteiger partial charge < -0.3 is 5.32 Å². The Morgan fingerprint density at radius 1 is 1.35 bits per heavy atom. The third-order valence-corrected chi connectivity index (χ3v) is 4.03. The summed E-state index contributed by atoms with van der Waals surface area (Å²) in [6.45, 7) is 2.58. The lowest BCUT2D eigenvalue weighted by Gasteiger charge is -2.05. The third kappa shape index (κ3) is 3.29. The van der Waals surface area contributed by atoms with E-state index in [4.69, 9.17) is 0 Å². The van der Waals surface area contributed by atoms with Crippen LogP contribution in [0.5, 0.6) is 0 Å². The SMILES string of the molecule is CCn1nnc2c(SCC(=O)Nc3ccccc3F)ncnc21. The maximum atomic E-state index is 13.5. The van der Waals surface area contributed by atoms with Crippen LogP contribution in [0, 0.1) is 5.82 Å². The van der Waals surface area contributed by atoms with Crippen LogP contribution in [-0.4, -0.2) is 36.6 Å². The van der Waals surface area contributed by atoms with E-state index in [1.54, 1.807) is 16.8 Å². The highest BCUT2D eigenvalue weighted by Crippen LogP contribution is 2.22. The Bertz CT molecular complexity index is 852. The van der Waals surface area contributed by atoms with Crippen molar-refractivity contribution in [1.82, 2.24) is 25.0 Å². The first-order valence-corrected chi connectivity index (χ1v) is 7.89. The number of hydrogen-bond donors (Lipinski definition) is 1. The smallest absolute Gasteiger partial charge is 0.234 e. The zero-order chi connectivity index (χ0) is 16.2. The quantitative estimate of drug-likeness (QED) is 0.569. The van der Waals surface area contributed by atoms with Gasteiger partial charge in [0.15, 0.2) is 11.2 Å². The average Bonchev–Trinajstić information content (AvgIpc) is 2.99. The molecule has 2 heterocycles. The van der Waals surface area contributed by atoms with E-state index >= 15 is 0 Å². The van der Waals surface area contributed by atoms with Crippen LogP contribution in [0.2, 0.25) is 0 Å². The lowest BCUT2D eigenvalue weighted by Crippen LogP contribution is -2.15. The number of para-hydroxylation sites is 1. The van der Waals surface area contributed by atoms with Crippen molar-refractivity contribution in [3.05, 3.63) is 36.4 Å². The van der Waals surface area contributed by atoms with Crippen molar-refractivity contribution in [2.24, 2.45) is 0 Å². The summed E-state index contributed by atoms with van der Waals surface area (Å²) in [5.41, 5.74) is 1.33. The molecule has 0 saturated heterocycles. The summed E-state index contributed by atoms with van der Waals surface area (Å²) in [4.78, 5) is 20.2. The van der Waals surface area contributed by atoms with E-state index in [2.05, 4.69) is 25.6 Å². The minimum Gasteiger partial charge on any atom is -0.323 e. The number of halogens is 1. The van der Waals surface area contributed by atoms with Gasteiger partial charge in [0.05, 0.1) is 11.4 Å². The van der Waals surface area contributed by atoms with Gasteiger partial charge in [-0.05, 0) is 19.1 Å². The monoisotopic (exact) mass is 332 g/mol. The highest BCUT2D eigenvalue weighted by Gasteiger charge is 2.13. The van der Waals surface area contributed by atoms with Crippen LogP contribution >= 0.6 is 11.8 Å². The van der Waals surface area contributed by atoms with Crippen LogP contribution in [0.1, 0.15) is 6.92 Å². The Morgan fingerprint density at radius 2 is 2.17 bits per heavy atom. The number of hydrogen-bond acceptors (Lipinski definition) is 6. The van der Waals surface area contributed by atoms with Crippen molar-refractivity contribution in [3.63, 3.8) is 0 Å². The fraction of sp³-hybridized carbons (Fsp3) is 0.214. The van der Waals surface area contributed by atoms with E-state index in [9.17, 15) is 9.18 Å². The second-order valence-electron chi connectivity index (χ2n) is 4.57. The predicted molar refractivity (Wildman–Crippen MR) is 84.5 cm³/mol. The van der Waals surface area contributed by atoms with Crippen molar-refractivity contribution < 1.29 is 9.18 Å². The Hall–Kier alpha value is -2.55. The van der Waals surface area contributed by atoms with Gasteiger partial charge in [-0.1, -0.05) is 29.1 Å². The molecule has 23 heavy (non-hydrogen) atoms. The number of benzene rings is 1. The van der Waals surface area contributed by atoms with Crippen LogP contribution in [0.3, 0.4) is 0 Å². The maximum absolute atomic E-state index is 13.5. The highest BCUT2D eigenvalue weighted by atomic mass is 32.2. The first kappa shape index (κ1) is 15.3. The zero-order valence-electron chi connectivity index (χ0n) is 12.2. The standard InChI is InChI=1S/C14H13FN6OS/c1-2-21-13-12(19-20-21)14(17-8-16-13)23-7-11(22)18-10-6-4-3-5-9(10)15/h3-6,8H,2,7H2,1H3,(H,18,22). The van der Waals surface area contributed by atoms with Gasteiger partial charge in [0, 0.05) is 6.54 Å². The number of anilines is 1. The summed E-state index contributed by atoms with van der Waals surface area (Å²) in [5, 5.41) is 11.1. The van der Waals surface area contributed by atoms with E-state index < -0.39 is 5.82 Å². The molecule has 118 valence electrons. The van der Waals surface area contributed by atoms with Crippen LogP contribution < -0.4 is 5.32 Å². The zero-order valence-corrected chi connectivity index (χ0v) is 13.0. The van der Waals surface area contributed by atoms with E-state index in [-0.39, 0.29) is 17.3 Å². The second-order valence-corrected chi connectivity index (χ2v) is 5.54. The summed E-state index contributed by atoms with van der Waals surface area (Å²) in [6.07, 6.45) is 1.41. The van der Waals surface area contributed by atoms with Gasteiger partial charge in [0.25, 0.3) is 0 Å². The molecule has 0 unspecified atom stereocenters.